The second-order valence-electron chi connectivity index (χ2n) is 5.84. The van der Waals surface area contributed by atoms with Gasteiger partial charge in [0.05, 0.1) is 16.0 Å². The van der Waals surface area contributed by atoms with E-state index in [-0.39, 0.29) is 5.91 Å². The maximum atomic E-state index is 12.1. The van der Waals surface area contributed by atoms with Crippen molar-refractivity contribution in [1.29, 1.82) is 0 Å². The number of nitrogens with one attached hydrogen (secondary N) is 2. The fourth-order valence-corrected chi connectivity index (χ4v) is 4.84. The normalized spacial score (nSPS) is 11.3. The van der Waals surface area contributed by atoms with Crippen LogP contribution in [-0.2, 0) is 11.2 Å². The van der Waals surface area contributed by atoms with Gasteiger partial charge < -0.3 is 10.3 Å². The van der Waals surface area contributed by atoms with Crippen LogP contribution in [0.1, 0.15) is 5.56 Å². The quantitative estimate of drug-likeness (QED) is 0.452. The summed E-state index contributed by atoms with van der Waals surface area (Å²) in [5, 5.41) is 4.87. The second kappa shape index (κ2) is 7.70. The van der Waals surface area contributed by atoms with Gasteiger partial charge in [-0.1, -0.05) is 41.6 Å². The third-order valence-electron chi connectivity index (χ3n) is 4.05. The van der Waals surface area contributed by atoms with Crippen LogP contribution in [-0.4, -0.2) is 28.2 Å². The summed E-state index contributed by atoms with van der Waals surface area (Å²) in [5.41, 5.74) is 3.22. The average molecular weight is 402 g/mol. The molecule has 1 amide bonds. The standard InChI is InChI=1S/C19H16ClN3OS2/c20-13-5-6-17-16(9-13)23-19(26-17)25-11-18(24)21-8-7-12-10-22-15-4-2-1-3-14(12)15/h1-6,9-10,22H,7-8,11H2,(H,21,24). The Kier molecular flexibility index (Phi) is 5.15. The van der Waals surface area contributed by atoms with Gasteiger partial charge in [0.15, 0.2) is 4.34 Å². The molecule has 2 aromatic heterocycles. The van der Waals surface area contributed by atoms with E-state index in [0.717, 1.165) is 26.5 Å². The van der Waals surface area contributed by atoms with E-state index in [9.17, 15) is 4.79 Å². The summed E-state index contributed by atoms with van der Waals surface area (Å²) in [6.07, 6.45) is 2.82. The minimum Gasteiger partial charge on any atom is -0.361 e. The molecule has 0 aliphatic carbocycles. The number of amides is 1. The van der Waals surface area contributed by atoms with Crippen LogP contribution in [0.15, 0.2) is 53.0 Å². The zero-order valence-electron chi connectivity index (χ0n) is 13.8. The van der Waals surface area contributed by atoms with E-state index in [2.05, 4.69) is 27.4 Å². The molecule has 4 rings (SSSR count). The molecule has 0 aliphatic heterocycles. The number of carbonyl (C=O) groups is 1. The third-order valence-corrected chi connectivity index (χ3v) is 6.46. The fraction of sp³-hybridized carbons (Fsp3) is 0.158. The number of aromatic amines is 1. The van der Waals surface area contributed by atoms with Crippen molar-refractivity contribution < 1.29 is 4.79 Å². The number of rotatable bonds is 6. The van der Waals surface area contributed by atoms with E-state index in [0.29, 0.717) is 17.3 Å². The van der Waals surface area contributed by atoms with Crippen molar-refractivity contribution in [2.24, 2.45) is 0 Å². The molecule has 4 aromatic rings. The Hall–Kier alpha value is -2.02. The molecule has 0 saturated carbocycles. The largest absolute Gasteiger partial charge is 0.361 e. The molecule has 0 unspecified atom stereocenters. The number of H-pyrrole nitrogens is 1. The van der Waals surface area contributed by atoms with Crippen molar-refractivity contribution in [2.75, 3.05) is 12.3 Å². The molecular weight excluding hydrogens is 386 g/mol. The van der Waals surface area contributed by atoms with E-state index in [4.69, 9.17) is 11.6 Å². The van der Waals surface area contributed by atoms with Gasteiger partial charge in [0.2, 0.25) is 5.91 Å². The lowest BCUT2D eigenvalue weighted by atomic mass is 10.1. The molecule has 2 aromatic carbocycles. The first kappa shape index (κ1) is 17.4. The Balaban J connectivity index is 1.28. The summed E-state index contributed by atoms with van der Waals surface area (Å²) in [6.45, 7) is 0.622. The SMILES string of the molecule is O=C(CSc1nc2cc(Cl)ccc2s1)NCCc1c[nH]c2ccccc12. The molecule has 0 bridgehead atoms. The molecule has 0 radical (unpaired) electrons. The predicted octanol–water partition coefficient (Wildman–Crippen LogP) is 4.88. The highest BCUT2D eigenvalue weighted by Crippen LogP contribution is 2.30. The highest BCUT2D eigenvalue weighted by molar-refractivity contribution is 8.01. The molecule has 4 nitrogen and oxygen atoms in total. The van der Waals surface area contributed by atoms with Crippen molar-refractivity contribution in [3.05, 3.63) is 59.2 Å². The highest BCUT2D eigenvalue weighted by atomic mass is 35.5. The summed E-state index contributed by atoms with van der Waals surface area (Å²) in [6, 6.07) is 13.8. The summed E-state index contributed by atoms with van der Waals surface area (Å²) in [5.74, 6) is 0.383. The first-order valence-electron chi connectivity index (χ1n) is 8.19. The summed E-state index contributed by atoms with van der Waals surface area (Å²) in [4.78, 5) is 19.9. The first-order chi connectivity index (χ1) is 12.7. The number of aromatic nitrogens is 2. The average Bonchev–Trinajstić information content (AvgIpc) is 3.23. The third kappa shape index (κ3) is 3.87. The number of thiazole rings is 1. The van der Waals surface area contributed by atoms with Gasteiger partial charge in [-0.05, 0) is 36.2 Å². The van der Waals surface area contributed by atoms with Gasteiger partial charge in [0, 0.05) is 28.7 Å². The highest BCUT2D eigenvalue weighted by Gasteiger charge is 2.09. The number of fused-ring (bicyclic) bond motifs is 2. The zero-order valence-corrected chi connectivity index (χ0v) is 16.2. The van der Waals surface area contributed by atoms with Crippen molar-refractivity contribution in [2.45, 2.75) is 10.8 Å². The minimum atomic E-state index is 0.0205. The Morgan fingerprint density at radius 3 is 3.08 bits per heavy atom. The lowest BCUT2D eigenvalue weighted by molar-refractivity contribution is -0.118. The van der Waals surface area contributed by atoms with Crippen molar-refractivity contribution in [1.82, 2.24) is 15.3 Å². The molecule has 132 valence electrons. The van der Waals surface area contributed by atoms with Crippen LogP contribution in [0.3, 0.4) is 0 Å². The summed E-state index contributed by atoms with van der Waals surface area (Å²) in [7, 11) is 0. The molecule has 2 N–H and O–H groups in total. The van der Waals surface area contributed by atoms with Crippen molar-refractivity contribution in [3.8, 4) is 0 Å². The van der Waals surface area contributed by atoms with Crippen LogP contribution < -0.4 is 5.32 Å². The van der Waals surface area contributed by atoms with E-state index >= 15 is 0 Å². The Morgan fingerprint density at radius 2 is 2.15 bits per heavy atom. The molecule has 0 atom stereocenters. The van der Waals surface area contributed by atoms with Gasteiger partial charge in [-0.25, -0.2) is 4.98 Å². The van der Waals surface area contributed by atoms with Gasteiger partial charge in [0.1, 0.15) is 0 Å². The van der Waals surface area contributed by atoms with Crippen LogP contribution in [0, 0.1) is 0 Å². The zero-order chi connectivity index (χ0) is 17.9. The lowest BCUT2D eigenvalue weighted by Crippen LogP contribution is -2.27. The van der Waals surface area contributed by atoms with E-state index in [1.165, 1.54) is 22.7 Å². The van der Waals surface area contributed by atoms with E-state index in [1.54, 1.807) is 11.3 Å². The van der Waals surface area contributed by atoms with Gasteiger partial charge in [-0.2, -0.15) is 0 Å². The first-order valence-corrected chi connectivity index (χ1v) is 10.4. The predicted molar refractivity (Wildman–Crippen MR) is 110 cm³/mol. The van der Waals surface area contributed by atoms with E-state index < -0.39 is 0 Å². The van der Waals surface area contributed by atoms with E-state index in [1.807, 2.05) is 36.5 Å². The van der Waals surface area contributed by atoms with Crippen molar-refractivity contribution in [3.63, 3.8) is 0 Å². The molecular formula is C19H16ClN3OS2. The Bertz CT molecular complexity index is 1070. The molecule has 7 heteroatoms. The monoisotopic (exact) mass is 401 g/mol. The molecule has 26 heavy (non-hydrogen) atoms. The molecule has 0 spiro atoms. The smallest absolute Gasteiger partial charge is 0.230 e. The summed E-state index contributed by atoms with van der Waals surface area (Å²) < 4.78 is 1.96. The lowest BCUT2D eigenvalue weighted by Gasteiger charge is -2.03. The number of halogens is 1. The van der Waals surface area contributed by atoms with Crippen LogP contribution in [0.2, 0.25) is 5.02 Å². The molecule has 0 saturated heterocycles. The molecule has 0 fully saturated rings. The van der Waals surface area contributed by atoms with Crippen LogP contribution in [0.4, 0.5) is 0 Å². The van der Waals surface area contributed by atoms with Crippen LogP contribution in [0.5, 0.6) is 0 Å². The number of benzene rings is 2. The topological polar surface area (TPSA) is 57.8 Å². The number of hydrogen-bond acceptors (Lipinski definition) is 4. The van der Waals surface area contributed by atoms with Gasteiger partial charge in [0.25, 0.3) is 0 Å². The number of thioether (sulfide) groups is 1. The molecule has 2 heterocycles. The van der Waals surface area contributed by atoms with Crippen molar-refractivity contribution >= 4 is 61.7 Å². The van der Waals surface area contributed by atoms with Gasteiger partial charge in [-0.3, -0.25) is 4.79 Å². The van der Waals surface area contributed by atoms with Crippen LogP contribution in [0.25, 0.3) is 21.1 Å². The maximum absolute atomic E-state index is 12.1. The number of carbonyl (C=O) groups excluding carboxylic acids is 1. The number of para-hydroxylation sites is 1. The van der Waals surface area contributed by atoms with Crippen LogP contribution >= 0.6 is 34.7 Å². The fourth-order valence-electron chi connectivity index (χ4n) is 2.79. The molecule has 0 aliphatic rings. The second-order valence-corrected chi connectivity index (χ2v) is 8.53. The number of nitrogens with zero attached hydrogens (tertiary/aromatic N) is 1. The number of hydrogen-bond donors (Lipinski definition) is 2. The Morgan fingerprint density at radius 1 is 1.27 bits per heavy atom. The minimum absolute atomic E-state index is 0.0205. The Labute approximate surface area is 164 Å². The summed E-state index contributed by atoms with van der Waals surface area (Å²) >= 11 is 9.02. The maximum Gasteiger partial charge on any atom is 0.230 e. The van der Waals surface area contributed by atoms with Gasteiger partial charge in [-0.15, -0.1) is 11.3 Å². The van der Waals surface area contributed by atoms with Gasteiger partial charge >= 0.3 is 0 Å².